The Morgan fingerprint density at radius 1 is 0.744 bits per heavy atom. The van der Waals surface area contributed by atoms with Gasteiger partial charge in [0.2, 0.25) is 0 Å². The molecule has 0 atom stereocenters. The first kappa shape index (κ1) is 25.8. The maximum atomic E-state index is 11.5. The molecular formula is C36H40O3. The van der Waals surface area contributed by atoms with Gasteiger partial charge in [-0.2, -0.15) is 0 Å². The lowest BCUT2D eigenvalue weighted by atomic mass is 9.52. The fraction of sp³-hybridized carbons (Fsp3) is 0.389. The van der Waals surface area contributed by atoms with Gasteiger partial charge >= 0.3 is 0 Å². The minimum atomic E-state index is -0.126. The molecule has 3 nitrogen and oxygen atoms in total. The smallest absolute Gasteiger partial charge is 0.127 e. The molecule has 0 aliphatic heterocycles. The van der Waals surface area contributed by atoms with E-state index in [-0.39, 0.29) is 22.3 Å². The summed E-state index contributed by atoms with van der Waals surface area (Å²) >= 11 is 0. The summed E-state index contributed by atoms with van der Waals surface area (Å²) < 4.78 is 11.7. The maximum absolute atomic E-state index is 11.5. The zero-order chi connectivity index (χ0) is 27.7. The van der Waals surface area contributed by atoms with Crippen LogP contribution in [0, 0.1) is 10.8 Å². The average Bonchev–Trinajstić information content (AvgIpc) is 3.10. The van der Waals surface area contributed by atoms with Crippen molar-refractivity contribution in [3.8, 4) is 39.5 Å². The van der Waals surface area contributed by atoms with Gasteiger partial charge in [-0.05, 0) is 107 Å². The third-order valence-electron chi connectivity index (χ3n) is 8.72. The van der Waals surface area contributed by atoms with Gasteiger partial charge in [-0.1, -0.05) is 64.1 Å². The topological polar surface area (TPSA) is 38.7 Å². The summed E-state index contributed by atoms with van der Waals surface area (Å²) in [7, 11) is 1.70. The second kappa shape index (κ2) is 8.78. The molecule has 2 aliphatic carbocycles. The summed E-state index contributed by atoms with van der Waals surface area (Å²) in [6.07, 6.45) is 3.45. The summed E-state index contributed by atoms with van der Waals surface area (Å²) in [5, 5.41) is 13.4. The van der Waals surface area contributed by atoms with Crippen LogP contribution in [-0.4, -0.2) is 18.3 Å². The molecular weight excluding hydrogens is 480 g/mol. The van der Waals surface area contributed by atoms with E-state index in [2.05, 4.69) is 76.2 Å². The first-order valence-electron chi connectivity index (χ1n) is 14.2. The van der Waals surface area contributed by atoms with Crippen LogP contribution in [0.5, 0.6) is 17.2 Å². The molecule has 0 aromatic heterocycles. The van der Waals surface area contributed by atoms with Crippen molar-refractivity contribution in [1.29, 1.82) is 0 Å². The largest absolute Gasteiger partial charge is 0.507 e. The monoisotopic (exact) mass is 520 g/mol. The van der Waals surface area contributed by atoms with Crippen LogP contribution < -0.4 is 9.47 Å². The van der Waals surface area contributed by atoms with Crippen LogP contribution in [0.25, 0.3) is 33.0 Å². The molecule has 1 fully saturated rings. The number of phenolic OH excluding ortho intramolecular Hbond substituents is 1. The summed E-state index contributed by atoms with van der Waals surface area (Å²) in [5.74, 6) is 1.92. The number of hydrogen-bond donors (Lipinski definition) is 1. The Labute approximate surface area is 232 Å². The molecule has 0 radical (unpaired) electrons. The quantitative estimate of drug-likeness (QED) is 0.291. The molecule has 1 saturated carbocycles. The SMILES string of the molecule is COc1cc2c(O)cc3c(c2cc1-c1ccc(OC(C)C)cc1)-c1ccccc1C31CC(C)(C)CC(C)(C)C1. The highest BCUT2D eigenvalue weighted by Gasteiger charge is 2.53. The fourth-order valence-corrected chi connectivity index (χ4v) is 8.24. The number of benzene rings is 4. The van der Waals surface area contributed by atoms with Gasteiger partial charge in [-0.25, -0.2) is 0 Å². The van der Waals surface area contributed by atoms with Gasteiger partial charge in [0.25, 0.3) is 0 Å². The van der Waals surface area contributed by atoms with Gasteiger partial charge in [0, 0.05) is 16.4 Å². The second-order valence-corrected chi connectivity index (χ2v) is 13.6. The van der Waals surface area contributed by atoms with Gasteiger partial charge in [-0.3, -0.25) is 0 Å². The Kier molecular flexibility index (Phi) is 5.81. The van der Waals surface area contributed by atoms with Gasteiger partial charge in [0.15, 0.2) is 0 Å². The third kappa shape index (κ3) is 4.18. The van der Waals surface area contributed by atoms with Crippen molar-refractivity contribution in [1.82, 2.24) is 0 Å². The molecule has 0 unspecified atom stereocenters. The fourth-order valence-electron chi connectivity index (χ4n) is 8.24. The molecule has 202 valence electrons. The van der Waals surface area contributed by atoms with Crippen LogP contribution in [0.4, 0.5) is 0 Å². The second-order valence-electron chi connectivity index (χ2n) is 13.6. The minimum Gasteiger partial charge on any atom is -0.507 e. The van der Waals surface area contributed by atoms with Crippen molar-refractivity contribution in [3.63, 3.8) is 0 Å². The molecule has 4 aromatic carbocycles. The maximum Gasteiger partial charge on any atom is 0.127 e. The van der Waals surface area contributed by atoms with E-state index in [1.807, 2.05) is 32.0 Å². The van der Waals surface area contributed by atoms with Crippen LogP contribution in [0.3, 0.4) is 0 Å². The van der Waals surface area contributed by atoms with Crippen molar-refractivity contribution in [3.05, 3.63) is 77.9 Å². The van der Waals surface area contributed by atoms with Gasteiger partial charge in [0.1, 0.15) is 17.2 Å². The molecule has 1 spiro atoms. The predicted molar refractivity (Wildman–Crippen MR) is 161 cm³/mol. The van der Waals surface area contributed by atoms with E-state index in [1.165, 1.54) is 28.7 Å². The van der Waals surface area contributed by atoms with Crippen LogP contribution in [0.15, 0.2) is 66.7 Å². The number of rotatable bonds is 4. The average molecular weight is 521 g/mol. The Morgan fingerprint density at radius 2 is 1.41 bits per heavy atom. The van der Waals surface area contributed by atoms with E-state index in [9.17, 15) is 5.11 Å². The van der Waals surface area contributed by atoms with Crippen LogP contribution >= 0.6 is 0 Å². The number of aromatic hydroxyl groups is 1. The van der Waals surface area contributed by atoms with Crippen molar-refractivity contribution < 1.29 is 14.6 Å². The standard InChI is InChI=1S/C36H40O3/c1-22(2)39-24-14-12-23(13-15-24)26-16-28-27(17-32(26)38-7)31(37)18-30-33(28)25-10-8-9-11-29(25)36(30)20-34(3,4)19-35(5,6)21-36/h8-18,22,37H,19-21H2,1-7H3. The van der Waals surface area contributed by atoms with Gasteiger partial charge in [0.05, 0.1) is 13.2 Å². The lowest BCUT2D eigenvalue weighted by Crippen LogP contribution is -2.43. The first-order chi connectivity index (χ1) is 18.4. The molecule has 3 heteroatoms. The van der Waals surface area contributed by atoms with E-state index >= 15 is 0 Å². The van der Waals surface area contributed by atoms with Crippen molar-refractivity contribution in [2.45, 2.75) is 72.3 Å². The zero-order valence-electron chi connectivity index (χ0n) is 24.3. The number of phenols is 1. The molecule has 4 aromatic rings. The molecule has 6 rings (SSSR count). The van der Waals surface area contributed by atoms with E-state index in [1.54, 1.807) is 7.11 Å². The van der Waals surface area contributed by atoms with Crippen LogP contribution in [-0.2, 0) is 5.41 Å². The van der Waals surface area contributed by atoms with E-state index < -0.39 is 0 Å². The van der Waals surface area contributed by atoms with Crippen LogP contribution in [0.1, 0.15) is 71.9 Å². The van der Waals surface area contributed by atoms with Crippen LogP contribution in [0.2, 0.25) is 0 Å². The molecule has 0 heterocycles. The summed E-state index contributed by atoms with van der Waals surface area (Å²) in [4.78, 5) is 0. The Bertz CT molecular complexity index is 1560. The van der Waals surface area contributed by atoms with Gasteiger partial charge < -0.3 is 14.6 Å². The van der Waals surface area contributed by atoms with Crippen molar-refractivity contribution >= 4 is 10.8 Å². The molecule has 0 bridgehead atoms. The number of ether oxygens (including phenoxy) is 2. The third-order valence-corrected chi connectivity index (χ3v) is 8.72. The Morgan fingerprint density at radius 3 is 2.05 bits per heavy atom. The molecule has 0 amide bonds. The van der Waals surface area contributed by atoms with Crippen molar-refractivity contribution in [2.24, 2.45) is 10.8 Å². The normalized spacial score (nSPS) is 18.3. The Balaban J connectivity index is 1.63. The zero-order valence-corrected chi connectivity index (χ0v) is 24.3. The van der Waals surface area contributed by atoms with E-state index in [4.69, 9.17) is 9.47 Å². The Hall–Kier alpha value is -3.46. The summed E-state index contributed by atoms with van der Waals surface area (Å²) in [5.41, 5.74) is 7.54. The summed E-state index contributed by atoms with van der Waals surface area (Å²) in [6, 6.07) is 23.4. The van der Waals surface area contributed by atoms with E-state index in [0.717, 1.165) is 46.2 Å². The first-order valence-corrected chi connectivity index (χ1v) is 14.2. The molecule has 39 heavy (non-hydrogen) atoms. The number of hydrogen-bond acceptors (Lipinski definition) is 3. The van der Waals surface area contributed by atoms with Crippen molar-refractivity contribution in [2.75, 3.05) is 7.11 Å². The highest BCUT2D eigenvalue weighted by molar-refractivity contribution is 6.07. The molecule has 1 N–H and O–H groups in total. The number of methoxy groups -OCH3 is 1. The minimum absolute atomic E-state index is 0.124. The molecule has 0 saturated heterocycles. The van der Waals surface area contributed by atoms with E-state index in [0.29, 0.717) is 5.75 Å². The highest BCUT2D eigenvalue weighted by Crippen LogP contribution is 2.65. The lowest BCUT2D eigenvalue weighted by Gasteiger charge is -2.51. The molecule has 2 aliphatic rings. The predicted octanol–water partition coefficient (Wildman–Crippen LogP) is 9.51. The lowest BCUT2D eigenvalue weighted by molar-refractivity contribution is 0.0645. The van der Waals surface area contributed by atoms with Gasteiger partial charge in [-0.15, -0.1) is 0 Å². The highest BCUT2D eigenvalue weighted by atomic mass is 16.5. The number of fused-ring (bicyclic) bond motifs is 7. The summed E-state index contributed by atoms with van der Waals surface area (Å²) in [6.45, 7) is 13.7.